The van der Waals surface area contributed by atoms with Crippen molar-refractivity contribution in [3.8, 4) is 11.5 Å². The Kier molecular flexibility index (Phi) is 4.75. The molecule has 100 valence electrons. The van der Waals surface area contributed by atoms with Gasteiger partial charge in [0.1, 0.15) is 11.5 Å². The van der Waals surface area contributed by atoms with E-state index in [4.69, 9.17) is 15.2 Å². The van der Waals surface area contributed by atoms with E-state index < -0.39 is 0 Å². The van der Waals surface area contributed by atoms with Gasteiger partial charge in [-0.05, 0) is 29.8 Å². The Labute approximate surface area is 113 Å². The highest BCUT2D eigenvalue weighted by atomic mass is 16.5. The summed E-state index contributed by atoms with van der Waals surface area (Å²) in [5, 5.41) is 0. The number of rotatable bonds is 6. The molecule has 1 unspecified atom stereocenters. The number of hydrogen-bond acceptors (Lipinski definition) is 4. The number of methoxy groups -OCH3 is 1. The number of benzene rings is 1. The van der Waals surface area contributed by atoms with E-state index in [1.807, 2.05) is 36.4 Å². The normalized spacial score (nSPS) is 11.9. The summed E-state index contributed by atoms with van der Waals surface area (Å²) in [5.74, 6) is 1.76. The summed E-state index contributed by atoms with van der Waals surface area (Å²) < 4.78 is 10.8. The number of ether oxygens (including phenoxy) is 2. The van der Waals surface area contributed by atoms with Gasteiger partial charge in [0.25, 0.3) is 0 Å². The molecule has 0 aliphatic heterocycles. The molecule has 0 aliphatic rings. The van der Waals surface area contributed by atoms with Crippen LogP contribution in [0.4, 0.5) is 0 Å². The Balaban J connectivity index is 1.99. The van der Waals surface area contributed by atoms with Crippen LogP contribution in [-0.2, 0) is 0 Å². The topological polar surface area (TPSA) is 57.4 Å². The van der Waals surface area contributed by atoms with Crippen molar-refractivity contribution in [1.29, 1.82) is 0 Å². The van der Waals surface area contributed by atoms with Gasteiger partial charge in [-0.15, -0.1) is 0 Å². The maximum Gasteiger partial charge on any atom is 0.137 e. The minimum absolute atomic E-state index is 0.158. The SMILES string of the molecule is COc1ccc(C(CN)COc2cccnc2)cc1. The van der Waals surface area contributed by atoms with Crippen LogP contribution >= 0.6 is 0 Å². The number of hydrogen-bond donors (Lipinski definition) is 1. The smallest absolute Gasteiger partial charge is 0.137 e. The molecule has 0 spiro atoms. The average molecular weight is 258 g/mol. The van der Waals surface area contributed by atoms with E-state index in [0.717, 1.165) is 17.1 Å². The second kappa shape index (κ2) is 6.75. The van der Waals surface area contributed by atoms with Crippen molar-refractivity contribution >= 4 is 0 Å². The molecule has 0 saturated heterocycles. The van der Waals surface area contributed by atoms with Crippen molar-refractivity contribution in [3.63, 3.8) is 0 Å². The highest BCUT2D eigenvalue weighted by molar-refractivity contribution is 5.30. The number of nitrogens with two attached hydrogens (primary N) is 1. The Morgan fingerprint density at radius 3 is 2.53 bits per heavy atom. The third kappa shape index (κ3) is 3.69. The van der Waals surface area contributed by atoms with E-state index in [1.165, 1.54) is 0 Å². The molecule has 0 fully saturated rings. The zero-order valence-corrected chi connectivity index (χ0v) is 11.0. The molecule has 4 heteroatoms. The molecule has 0 aliphatic carbocycles. The first-order valence-electron chi connectivity index (χ1n) is 6.20. The number of nitrogens with zero attached hydrogens (tertiary/aromatic N) is 1. The van der Waals surface area contributed by atoms with Crippen molar-refractivity contribution < 1.29 is 9.47 Å². The van der Waals surface area contributed by atoms with E-state index in [-0.39, 0.29) is 5.92 Å². The summed E-state index contributed by atoms with van der Waals surface area (Å²) in [4.78, 5) is 4.01. The first kappa shape index (κ1) is 13.4. The molecular formula is C15H18N2O2. The minimum atomic E-state index is 0.158. The van der Waals surface area contributed by atoms with Gasteiger partial charge in [-0.2, -0.15) is 0 Å². The standard InChI is InChI=1S/C15H18N2O2/c1-18-14-6-4-12(5-7-14)13(9-16)11-19-15-3-2-8-17-10-15/h2-8,10,13H,9,11,16H2,1H3. The van der Waals surface area contributed by atoms with E-state index in [0.29, 0.717) is 13.2 Å². The molecule has 19 heavy (non-hydrogen) atoms. The van der Waals surface area contributed by atoms with Gasteiger partial charge in [0, 0.05) is 18.7 Å². The summed E-state index contributed by atoms with van der Waals surface area (Å²) in [5.41, 5.74) is 6.96. The first-order chi connectivity index (χ1) is 9.33. The number of aromatic nitrogens is 1. The highest BCUT2D eigenvalue weighted by Gasteiger charge is 2.11. The minimum Gasteiger partial charge on any atom is -0.497 e. The second-order valence-electron chi connectivity index (χ2n) is 4.21. The van der Waals surface area contributed by atoms with Crippen molar-refractivity contribution in [2.75, 3.05) is 20.3 Å². The Morgan fingerprint density at radius 1 is 1.16 bits per heavy atom. The third-order valence-electron chi connectivity index (χ3n) is 2.96. The lowest BCUT2D eigenvalue weighted by Crippen LogP contribution is -2.19. The van der Waals surface area contributed by atoms with Crippen molar-refractivity contribution in [3.05, 3.63) is 54.4 Å². The van der Waals surface area contributed by atoms with E-state index in [2.05, 4.69) is 4.98 Å². The maximum atomic E-state index is 5.81. The Hall–Kier alpha value is -2.07. The van der Waals surface area contributed by atoms with E-state index in [9.17, 15) is 0 Å². The lowest BCUT2D eigenvalue weighted by atomic mass is 10.0. The van der Waals surface area contributed by atoms with Crippen LogP contribution < -0.4 is 15.2 Å². The molecule has 1 heterocycles. The predicted molar refractivity (Wildman–Crippen MR) is 74.5 cm³/mol. The van der Waals surface area contributed by atoms with Crippen molar-refractivity contribution in [1.82, 2.24) is 4.98 Å². The Morgan fingerprint density at radius 2 is 1.95 bits per heavy atom. The van der Waals surface area contributed by atoms with Crippen LogP contribution in [0.5, 0.6) is 11.5 Å². The molecule has 1 atom stereocenters. The van der Waals surface area contributed by atoms with Crippen LogP contribution in [0, 0.1) is 0 Å². The largest absolute Gasteiger partial charge is 0.497 e. The van der Waals surface area contributed by atoms with Crippen LogP contribution in [0.15, 0.2) is 48.8 Å². The fourth-order valence-corrected chi connectivity index (χ4v) is 1.81. The van der Waals surface area contributed by atoms with Crippen molar-refractivity contribution in [2.24, 2.45) is 5.73 Å². The lowest BCUT2D eigenvalue weighted by molar-refractivity contribution is 0.289. The molecule has 2 aromatic rings. The van der Waals surface area contributed by atoms with Gasteiger partial charge in [0.05, 0.1) is 19.9 Å². The molecule has 0 radical (unpaired) electrons. The summed E-state index contributed by atoms with van der Waals surface area (Å²) in [6, 6.07) is 11.6. The summed E-state index contributed by atoms with van der Waals surface area (Å²) in [7, 11) is 1.65. The van der Waals surface area contributed by atoms with Crippen LogP contribution in [0.1, 0.15) is 11.5 Å². The van der Waals surface area contributed by atoms with Crippen LogP contribution in [0.2, 0.25) is 0 Å². The maximum absolute atomic E-state index is 5.81. The van der Waals surface area contributed by atoms with E-state index >= 15 is 0 Å². The summed E-state index contributed by atoms with van der Waals surface area (Å²) in [6.07, 6.45) is 3.42. The highest BCUT2D eigenvalue weighted by Crippen LogP contribution is 2.20. The van der Waals surface area contributed by atoms with Gasteiger partial charge >= 0.3 is 0 Å². The van der Waals surface area contributed by atoms with Crippen LogP contribution in [-0.4, -0.2) is 25.2 Å². The van der Waals surface area contributed by atoms with Gasteiger partial charge < -0.3 is 15.2 Å². The third-order valence-corrected chi connectivity index (χ3v) is 2.96. The molecule has 2 N–H and O–H groups in total. The monoisotopic (exact) mass is 258 g/mol. The van der Waals surface area contributed by atoms with Gasteiger partial charge in [0.2, 0.25) is 0 Å². The summed E-state index contributed by atoms with van der Waals surface area (Å²) >= 11 is 0. The molecule has 4 nitrogen and oxygen atoms in total. The van der Waals surface area contributed by atoms with Gasteiger partial charge in [-0.3, -0.25) is 4.98 Å². The lowest BCUT2D eigenvalue weighted by Gasteiger charge is -2.16. The fourth-order valence-electron chi connectivity index (χ4n) is 1.81. The molecule has 1 aromatic heterocycles. The Bertz CT molecular complexity index is 485. The zero-order chi connectivity index (χ0) is 13.5. The predicted octanol–water partition coefficient (Wildman–Crippen LogP) is 2.21. The van der Waals surface area contributed by atoms with Gasteiger partial charge in [0.15, 0.2) is 0 Å². The molecular weight excluding hydrogens is 240 g/mol. The molecule has 0 saturated carbocycles. The summed E-state index contributed by atoms with van der Waals surface area (Å²) in [6.45, 7) is 1.07. The molecule has 0 bridgehead atoms. The van der Waals surface area contributed by atoms with Gasteiger partial charge in [-0.1, -0.05) is 12.1 Å². The first-order valence-corrected chi connectivity index (χ1v) is 6.20. The zero-order valence-electron chi connectivity index (χ0n) is 11.0. The fraction of sp³-hybridized carbons (Fsp3) is 0.267. The second-order valence-corrected chi connectivity index (χ2v) is 4.21. The van der Waals surface area contributed by atoms with Crippen LogP contribution in [0.25, 0.3) is 0 Å². The molecule has 0 amide bonds. The molecule has 1 aromatic carbocycles. The number of pyridine rings is 1. The average Bonchev–Trinajstić information content (AvgIpc) is 2.49. The van der Waals surface area contributed by atoms with Crippen LogP contribution in [0.3, 0.4) is 0 Å². The molecule has 2 rings (SSSR count). The van der Waals surface area contributed by atoms with Gasteiger partial charge in [-0.25, -0.2) is 0 Å². The quantitative estimate of drug-likeness (QED) is 0.863. The van der Waals surface area contributed by atoms with Crippen molar-refractivity contribution in [2.45, 2.75) is 5.92 Å². The van der Waals surface area contributed by atoms with E-state index in [1.54, 1.807) is 19.5 Å².